The van der Waals surface area contributed by atoms with Crippen molar-refractivity contribution in [2.45, 2.75) is 39.3 Å². The topological polar surface area (TPSA) is 60.9 Å². The van der Waals surface area contributed by atoms with Gasteiger partial charge in [0.15, 0.2) is 0 Å². The lowest BCUT2D eigenvalue weighted by Crippen LogP contribution is -2.38. The van der Waals surface area contributed by atoms with E-state index in [1.165, 1.54) is 0 Å². The molecular formula is C14H21N3O. The summed E-state index contributed by atoms with van der Waals surface area (Å²) in [5.41, 5.74) is 2.83. The smallest absolute Gasteiger partial charge is 0.0927 e. The summed E-state index contributed by atoms with van der Waals surface area (Å²) in [4.78, 5) is 0. The first kappa shape index (κ1) is 13.1. The summed E-state index contributed by atoms with van der Waals surface area (Å²) in [5.74, 6) is 0. The van der Waals surface area contributed by atoms with Crippen LogP contribution in [0.5, 0.6) is 0 Å². The summed E-state index contributed by atoms with van der Waals surface area (Å²) in [5, 5.41) is 21.8. The van der Waals surface area contributed by atoms with Crippen LogP contribution in [0.1, 0.15) is 38.1 Å². The first-order chi connectivity index (χ1) is 8.38. The van der Waals surface area contributed by atoms with E-state index in [1.807, 2.05) is 25.1 Å². The van der Waals surface area contributed by atoms with E-state index in [2.05, 4.69) is 36.3 Å². The largest absolute Gasteiger partial charge is 0.387 e. The van der Waals surface area contributed by atoms with E-state index in [9.17, 15) is 5.11 Å². The van der Waals surface area contributed by atoms with Crippen molar-refractivity contribution in [1.82, 2.24) is 15.5 Å². The van der Waals surface area contributed by atoms with Gasteiger partial charge in [0, 0.05) is 23.2 Å². The molecule has 1 aromatic heterocycles. The number of fused-ring (bicyclic) bond motifs is 1. The molecule has 1 heterocycles. The molecule has 1 atom stereocenters. The highest BCUT2D eigenvalue weighted by atomic mass is 16.3. The van der Waals surface area contributed by atoms with Crippen molar-refractivity contribution >= 4 is 10.9 Å². The number of aryl methyl sites for hydroxylation is 1. The Labute approximate surface area is 107 Å². The number of rotatable bonds is 3. The molecule has 0 aliphatic carbocycles. The molecule has 0 amide bonds. The van der Waals surface area contributed by atoms with Gasteiger partial charge >= 0.3 is 0 Å². The Balaban J connectivity index is 2.27. The van der Waals surface area contributed by atoms with E-state index < -0.39 is 6.10 Å². The van der Waals surface area contributed by atoms with Gasteiger partial charge in [-0.15, -0.1) is 0 Å². The minimum atomic E-state index is -0.524. The predicted molar refractivity (Wildman–Crippen MR) is 73.5 cm³/mol. The number of aromatic nitrogens is 2. The molecule has 2 aromatic rings. The first-order valence-corrected chi connectivity index (χ1v) is 6.25. The molecule has 0 bridgehead atoms. The van der Waals surface area contributed by atoms with Crippen molar-refractivity contribution < 1.29 is 5.11 Å². The lowest BCUT2D eigenvalue weighted by molar-refractivity contribution is 0.164. The van der Waals surface area contributed by atoms with Crippen molar-refractivity contribution in [3.05, 3.63) is 29.5 Å². The summed E-state index contributed by atoms with van der Waals surface area (Å²) in [6.45, 7) is 8.77. The number of nitrogens with zero attached hydrogens (tertiary/aromatic N) is 1. The number of benzene rings is 1. The Bertz CT molecular complexity index is 539. The fourth-order valence-corrected chi connectivity index (χ4v) is 2.05. The summed E-state index contributed by atoms with van der Waals surface area (Å²) in [6, 6.07) is 5.84. The van der Waals surface area contributed by atoms with Crippen LogP contribution in [0.15, 0.2) is 18.2 Å². The fraction of sp³-hybridized carbons (Fsp3) is 0.500. The van der Waals surface area contributed by atoms with E-state index in [1.54, 1.807) is 0 Å². The number of aliphatic hydroxyl groups excluding tert-OH is 1. The van der Waals surface area contributed by atoms with E-state index in [-0.39, 0.29) is 5.54 Å². The number of nitrogens with one attached hydrogen (secondary N) is 2. The van der Waals surface area contributed by atoms with Crippen LogP contribution in [0.4, 0.5) is 0 Å². The second-order valence-corrected chi connectivity index (χ2v) is 5.74. The molecule has 0 fully saturated rings. The fourth-order valence-electron chi connectivity index (χ4n) is 2.05. The molecule has 98 valence electrons. The molecule has 3 N–H and O–H groups in total. The molecule has 0 spiro atoms. The van der Waals surface area contributed by atoms with Crippen LogP contribution in [0.3, 0.4) is 0 Å². The average molecular weight is 247 g/mol. The molecular weight excluding hydrogens is 226 g/mol. The van der Waals surface area contributed by atoms with E-state index in [0.717, 1.165) is 22.2 Å². The van der Waals surface area contributed by atoms with Gasteiger partial charge < -0.3 is 10.4 Å². The van der Waals surface area contributed by atoms with Gasteiger partial charge in [-0.2, -0.15) is 5.10 Å². The van der Waals surface area contributed by atoms with Crippen LogP contribution in [0.25, 0.3) is 10.9 Å². The molecule has 4 nitrogen and oxygen atoms in total. The van der Waals surface area contributed by atoms with Crippen LogP contribution in [-0.4, -0.2) is 27.4 Å². The van der Waals surface area contributed by atoms with Gasteiger partial charge in [-0.25, -0.2) is 0 Å². The second-order valence-electron chi connectivity index (χ2n) is 5.74. The van der Waals surface area contributed by atoms with Gasteiger partial charge in [0.2, 0.25) is 0 Å². The molecule has 18 heavy (non-hydrogen) atoms. The number of aliphatic hydroxyl groups is 1. The minimum absolute atomic E-state index is 0.000314. The monoisotopic (exact) mass is 247 g/mol. The zero-order valence-corrected chi connectivity index (χ0v) is 11.4. The molecule has 0 aliphatic heterocycles. The Hall–Kier alpha value is -1.39. The van der Waals surface area contributed by atoms with Crippen LogP contribution >= 0.6 is 0 Å². The van der Waals surface area contributed by atoms with Crippen molar-refractivity contribution in [1.29, 1.82) is 0 Å². The van der Waals surface area contributed by atoms with Crippen molar-refractivity contribution in [3.63, 3.8) is 0 Å². The highest BCUT2D eigenvalue weighted by Gasteiger charge is 2.17. The number of hydrogen-bond donors (Lipinski definition) is 3. The Morgan fingerprint density at radius 2 is 2.11 bits per heavy atom. The second kappa shape index (κ2) is 4.71. The summed E-state index contributed by atoms with van der Waals surface area (Å²) >= 11 is 0. The maximum Gasteiger partial charge on any atom is 0.0927 e. The molecule has 0 saturated carbocycles. The van der Waals surface area contributed by atoms with Gasteiger partial charge in [0.05, 0.1) is 11.6 Å². The van der Waals surface area contributed by atoms with Crippen molar-refractivity contribution in [2.24, 2.45) is 0 Å². The highest BCUT2D eigenvalue weighted by Crippen LogP contribution is 2.25. The SMILES string of the molecule is Cc1[nH]nc2cccc([C@@H](O)CNC(C)(C)C)c12. The van der Waals surface area contributed by atoms with Gasteiger partial charge in [-0.1, -0.05) is 12.1 Å². The van der Waals surface area contributed by atoms with Crippen LogP contribution in [0.2, 0.25) is 0 Å². The number of aromatic amines is 1. The molecule has 0 aliphatic rings. The third-order valence-electron chi connectivity index (χ3n) is 2.98. The molecule has 2 rings (SSSR count). The average Bonchev–Trinajstić information content (AvgIpc) is 2.67. The lowest BCUT2D eigenvalue weighted by atomic mass is 10.0. The van der Waals surface area contributed by atoms with E-state index in [4.69, 9.17) is 0 Å². The third kappa shape index (κ3) is 2.71. The maximum absolute atomic E-state index is 10.3. The van der Waals surface area contributed by atoms with Gasteiger partial charge in [-0.3, -0.25) is 5.10 Å². The highest BCUT2D eigenvalue weighted by molar-refractivity contribution is 5.85. The van der Waals surface area contributed by atoms with Crippen molar-refractivity contribution in [2.75, 3.05) is 6.54 Å². The molecule has 1 aromatic carbocycles. The summed E-state index contributed by atoms with van der Waals surface area (Å²) in [7, 11) is 0. The number of β-amino-alcohol motifs (C(OH)–C–C–N with tert-alkyl or cyclic N) is 1. The van der Waals surface area contributed by atoms with Gasteiger partial charge in [0.1, 0.15) is 0 Å². The third-order valence-corrected chi connectivity index (χ3v) is 2.98. The van der Waals surface area contributed by atoms with Crippen LogP contribution < -0.4 is 5.32 Å². The molecule has 0 radical (unpaired) electrons. The quantitative estimate of drug-likeness (QED) is 0.780. The lowest BCUT2D eigenvalue weighted by Gasteiger charge is -2.23. The number of hydrogen-bond acceptors (Lipinski definition) is 3. The Morgan fingerprint density at radius 1 is 1.39 bits per heavy atom. The van der Waals surface area contributed by atoms with Crippen molar-refractivity contribution in [3.8, 4) is 0 Å². The zero-order valence-electron chi connectivity index (χ0n) is 11.4. The molecule has 0 unspecified atom stereocenters. The zero-order chi connectivity index (χ0) is 13.3. The normalized spacial score (nSPS) is 14.1. The van der Waals surface area contributed by atoms with Gasteiger partial charge in [-0.05, 0) is 39.3 Å². The van der Waals surface area contributed by atoms with E-state index >= 15 is 0 Å². The standard InChI is InChI=1S/C14H21N3O/c1-9-13-10(6-5-7-11(13)17-16-9)12(18)8-15-14(2,3)4/h5-7,12,15,18H,8H2,1-4H3,(H,16,17)/t12-/m0/s1. The Morgan fingerprint density at radius 3 is 2.78 bits per heavy atom. The minimum Gasteiger partial charge on any atom is -0.387 e. The van der Waals surface area contributed by atoms with Gasteiger partial charge in [0.25, 0.3) is 0 Å². The number of H-pyrrole nitrogens is 1. The first-order valence-electron chi connectivity index (χ1n) is 6.25. The summed E-state index contributed by atoms with van der Waals surface area (Å²) in [6.07, 6.45) is -0.524. The molecule has 0 saturated heterocycles. The Kier molecular flexibility index (Phi) is 3.41. The van der Waals surface area contributed by atoms with Crippen LogP contribution in [-0.2, 0) is 0 Å². The predicted octanol–water partition coefficient (Wildman–Crippen LogP) is 2.29. The van der Waals surface area contributed by atoms with Crippen LogP contribution in [0, 0.1) is 6.92 Å². The van der Waals surface area contributed by atoms with E-state index in [0.29, 0.717) is 6.54 Å². The summed E-state index contributed by atoms with van der Waals surface area (Å²) < 4.78 is 0. The maximum atomic E-state index is 10.3. The molecule has 4 heteroatoms.